The van der Waals surface area contributed by atoms with Crippen molar-refractivity contribution < 1.29 is 9.53 Å². The molecule has 0 radical (unpaired) electrons. The fraction of sp³-hybridized carbons (Fsp3) is 0.231. The molecular weight excluding hydrogens is 386 g/mol. The van der Waals surface area contributed by atoms with Gasteiger partial charge in [-0.3, -0.25) is 4.79 Å². The van der Waals surface area contributed by atoms with Crippen molar-refractivity contribution in [2.75, 3.05) is 11.9 Å². The van der Waals surface area contributed by atoms with E-state index in [9.17, 15) is 4.79 Å². The van der Waals surface area contributed by atoms with Gasteiger partial charge in [0.15, 0.2) is 6.61 Å². The van der Waals surface area contributed by atoms with Crippen LogP contribution in [0.1, 0.15) is 29.2 Å². The van der Waals surface area contributed by atoms with Crippen molar-refractivity contribution in [1.29, 1.82) is 0 Å². The van der Waals surface area contributed by atoms with Gasteiger partial charge < -0.3 is 15.8 Å². The van der Waals surface area contributed by atoms with Crippen molar-refractivity contribution in [2.24, 2.45) is 16.6 Å². The molecule has 5 heteroatoms. The molecule has 3 N–H and O–H groups in total. The Bertz CT molecular complexity index is 1130. The third kappa shape index (κ3) is 4.04. The second-order valence-electron chi connectivity index (χ2n) is 7.81. The Morgan fingerprint density at radius 2 is 1.87 bits per heavy atom. The average Bonchev–Trinajstić information content (AvgIpc) is 3.12. The van der Waals surface area contributed by atoms with Gasteiger partial charge in [0.25, 0.3) is 5.91 Å². The fourth-order valence-electron chi connectivity index (χ4n) is 4.10. The van der Waals surface area contributed by atoms with E-state index in [2.05, 4.69) is 62.5 Å². The lowest BCUT2D eigenvalue weighted by Gasteiger charge is -2.21. The average molecular weight is 414 g/mol. The number of rotatable bonds is 7. The number of hydrogen-bond donors (Lipinski definition) is 2. The summed E-state index contributed by atoms with van der Waals surface area (Å²) in [5, 5.41) is 3.70. The predicted molar refractivity (Wildman–Crippen MR) is 126 cm³/mol. The number of anilines is 1. The standard InChI is InChI=1S/C26H27N3O2/c1-4-18-11-8-14-21(31-15-22(27)30)23(18)26-25(19-12-5-6-13-20(19)28-26)29-24-16(2)9-7-10-17(24)3/h5-14,19,29H,4,15H2,1-3H3,(H2,27,30). The molecule has 4 rings (SSSR count). The zero-order valence-corrected chi connectivity index (χ0v) is 18.1. The van der Waals surface area contributed by atoms with Crippen LogP contribution in [-0.2, 0) is 11.2 Å². The number of fused-ring (bicyclic) bond motifs is 1. The number of benzene rings is 2. The normalized spacial score (nSPS) is 16.9. The number of carbonyl (C=O) groups excluding carboxylic acids is 1. The number of para-hydroxylation sites is 1. The number of ether oxygens (including phenoxy) is 1. The monoisotopic (exact) mass is 413 g/mol. The molecule has 0 spiro atoms. The van der Waals surface area contributed by atoms with Crippen molar-refractivity contribution >= 4 is 23.0 Å². The number of allylic oxidation sites excluding steroid dienone is 4. The Hall–Kier alpha value is -3.60. The van der Waals surface area contributed by atoms with Crippen LogP contribution in [0.4, 0.5) is 5.69 Å². The summed E-state index contributed by atoms with van der Waals surface area (Å²) in [6.07, 6.45) is 9.06. The van der Waals surface area contributed by atoms with Crippen LogP contribution in [-0.4, -0.2) is 18.2 Å². The summed E-state index contributed by atoms with van der Waals surface area (Å²) in [6, 6.07) is 12.1. The summed E-state index contributed by atoms with van der Waals surface area (Å²) in [5.74, 6) is 0.144. The Morgan fingerprint density at radius 3 is 2.58 bits per heavy atom. The molecule has 1 unspecified atom stereocenters. The van der Waals surface area contributed by atoms with E-state index in [1.54, 1.807) is 0 Å². The number of amides is 1. The Labute approximate surface area is 183 Å². The Balaban J connectivity index is 1.89. The van der Waals surface area contributed by atoms with E-state index in [0.717, 1.165) is 40.3 Å². The van der Waals surface area contributed by atoms with Gasteiger partial charge in [0, 0.05) is 11.3 Å². The van der Waals surface area contributed by atoms with Crippen LogP contribution in [0.15, 0.2) is 71.4 Å². The van der Waals surface area contributed by atoms with Gasteiger partial charge in [0.05, 0.1) is 23.0 Å². The lowest BCUT2D eigenvalue weighted by atomic mass is 9.93. The summed E-state index contributed by atoms with van der Waals surface area (Å²) in [5.41, 5.74) is 13.6. The summed E-state index contributed by atoms with van der Waals surface area (Å²) in [7, 11) is 0. The van der Waals surface area contributed by atoms with Gasteiger partial charge in [-0.15, -0.1) is 0 Å². The van der Waals surface area contributed by atoms with Crippen LogP contribution in [0.3, 0.4) is 0 Å². The number of primary amides is 1. The second-order valence-corrected chi connectivity index (χ2v) is 7.81. The molecule has 1 heterocycles. The zero-order valence-electron chi connectivity index (χ0n) is 18.1. The summed E-state index contributed by atoms with van der Waals surface area (Å²) in [6.45, 7) is 6.13. The minimum atomic E-state index is -0.506. The van der Waals surface area contributed by atoms with Crippen LogP contribution in [0, 0.1) is 19.8 Å². The number of nitrogens with two attached hydrogens (primary N) is 1. The number of nitrogens with one attached hydrogen (secondary N) is 1. The highest BCUT2D eigenvalue weighted by Crippen LogP contribution is 2.41. The van der Waals surface area contributed by atoms with Crippen molar-refractivity contribution in [2.45, 2.75) is 27.2 Å². The Kier molecular flexibility index (Phi) is 5.76. The quantitative estimate of drug-likeness (QED) is 0.690. The molecule has 2 aliphatic rings. The first-order valence-corrected chi connectivity index (χ1v) is 10.5. The fourth-order valence-corrected chi connectivity index (χ4v) is 4.10. The first-order chi connectivity index (χ1) is 15.0. The topological polar surface area (TPSA) is 76.7 Å². The summed E-state index contributed by atoms with van der Waals surface area (Å²) < 4.78 is 5.81. The molecule has 2 aromatic carbocycles. The number of nitrogens with zero attached hydrogens (tertiary/aromatic N) is 1. The molecule has 2 aromatic rings. The molecule has 1 atom stereocenters. The van der Waals surface area contributed by atoms with E-state index < -0.39 is 5.91 Å². The highest BCUT2D eigenvalue weighted by molar-refractivity contribution is 6.09. The van der Waals surface area contributed by atoms with Crippen molar-refractivity contribution in [3.8, 4) is 5.75 Å². The molecule has 31 heavy (non-hydrogen) atoms. The van der Waals surface area contributed by atoms with E-state index in [4.69, 9.17) is 15.5 Å². The second kappa shape index (κ2) is 8.64. The van der Waals surface area contributed by atoms with E-state index >= 15 is 0 Å². The first-order valence-electron chi connectivity index (χ1n) is 10.5. The van der Waals surface area contributed by atoms with Gasteiger partial charge in [0.1, 0.15) is 5.75 Å². The first kappa shape index (κ1) is 20.7. The predicted octanol–water partition coefficient (Wildman–Crippen LogP) is 4.71. The maximum Gasteiger partial charge on any atom is 0.255 e. The van der Waals surface area contributed by atoms with E-state index in [1.807, 2.05) is 24.3 Å². The molecular formula is C26H27N3O2. The molecule has 0 bridgehead atoms. The van der Waals surface area contributed by atoms with Crippen LogP contribution < -0.4 is 15.8 Å². The van der Waals surface area contributed by atoms with Crippen LogP contribution >= 0.6 is 0 Å². The molecule has 5 nitrogen and oxygen atoms in total. The molecule has 0 saturated heterocycles. The largest absolute Gasteiger partial charge is 0.483 e. The molecule has 1 amide bonds. The third-order valence-electron chi connectivity index (χ3n) is 5.65. The van der Waals surface area contributed by atoms with Gasteiger partial charge in [0.2, 0.25) is 0 Å². The van der Waals surface area contributed by atoms with E-state index in [0.29, 0.717) is 5.75 Å². The summed E-state index contributed by atoms with van der Waals surface area (Å²) in [4.78, 5) is 16.4. The minimum Gasteiger partial charge on any atom is -0.483 e. The van der Waals surface area contributed by atoms with Gasteiger partial charge >= 0.3 is 0 Å². The van der Waals surface area contributed by atoms with Crippen molar-refractivity contribution in [3.05, 3.63) is 88.7 Å². The van der Waals surface area contributed by atoms with Gasteiger partial charge in [-0.05, 0) is 49.1 Å². The van der Waals surface area contributed by atoms with Crippen LogP contribution in [0.5, 0.6) is 5.75 Å². The highest BCUT2D eigenvalue weighted by atomic mass is 16.5. The van der Waals surface area contributed by atoms with Gasteiger partial charge in [-0.1, -0.05) is 55.5 Å². The van der Waals surface area contributed by atoms with E-state index in [1.165, 1.54) is 11.1 Å². The highest BCUT2D eigenvalue weighted by Gasteiger charge is 2.31. The molecule has 158 valence electrons. The number of aliphatic imine (C=N–C) groups is 1. The van der Waals surface area contributed by atoms with Crippen molar-refractivity contribution in [1.82, 2.24) is 0 Å². The maximum absolute atomic E-state index is 11.4. The van der Waals surface area contributed by atoms with Crippen molar-refractivity contribution in [3.63, 3.8) is 0 Å². The van der Waals surface area contributed by atoms with Gasteiger partial charge in [-0.2, -0.15) is 0 Å². The molecule has 0 fully saturated rings. The Morgan fingerprint density at radius 1 is 1.13 bits per heavy atom. The number of hydrogen-bond acceptors (Lipinski definition) is 4. The number of carbonyl (C=O) groups is 1. The third-order valence-corrected chi connectivity index (χ3v) is 5.65. The SMILES string of the molecule is CCc1cccc(OCC(N)=O)c1C1=C(Nc2c(C)cccc2C)C2C=CC=CC2=N1. The molecule has 0 saturated carbocycles. The molecule has 0 aromatic heterocycles. The minimum absolute atomic E-state index is 0.0351. The summed E-state index contributed by atoms with van der Waals surface area (Å²) >= 11 is 0. The zero-order chi connectivity index (χ0) is 22.0. The smallest absolute Gasteiger partial charge is 0.255 e. The maximum atomic E-state index is 11.4. The molecule has 1 aliphatic carbocycles. The molecule has 1 aliphatic heterocycles. The lowest BCUT2D eigenvalue weighted by molar-refractivity contribution is -0.119. The van der Waals surface area contributed by atoms with E-state index in [-0.39, 0.29) is 12.5 Å². The number of aryl methyl sites for hydroxylation is 3. The van der Waals surface area contributed by atoms with Crippen LogP contribution in [0.2, 0.25) is 0 Å². The van der Waals surface area contributed by atoms with Gasteiger partial charge in [-0.25, -0.2) is 4.99 Å². The lowest BCUT2D eigenvalue weighted by Crippen LogP contribution is -2.20. The van der Waals surface area contributed by atoms with Crippen LogP contribution in [0.25, 0.3) is 5.70 Å².